The molecule has 10 nitrogen and oxygen atoms in total. The number of para-hydroxylation sites is 1. The first kappa shape index (κ1) is 22.0. The highest BCUT2D eigenvalue weighted by atomic mass is 32.1. The molecule has 3 aromatic rings. The van der Waals surface area contributed by atoms with Gasteiger partial charge in [0.25, 0.3) is 11.8 Å². The Bertz CT molecular complexity index is 1170. The van der Waals surface area contributed by atoms with Gasteiger partial charge in [-0.1, -0.05) is 18.2 Å². The second kappa shape index (κ2) is 9.39. The van der Waals surface area contributed by atoms with Crippen LogP contribution in [0.25, 0.3) is 10.9 Å². The summed E-state index contributed by atoms with van der Waals surface area (Å²) in [5, 5.41) is 12.4. The maximum atomic E-state index is 12.4. The summed E-state index contributed by atoms with van der Waals surface area (Å²) in [4.78, 5) is 49.4. The number of aromatic nitrogens is 2. The number of carbonyl (C=O) groups is 4. The first-order chi connectivity index (χ1) is 14.9. The molecule has 3 N–H and O–H groups in total. The molecule has 162 valence electrons. The Morgan fingerprint density at radius 3 is 2.58 bits per heavy atom. The highest BCUT2D eigenvalue weighted by Crippen LogP contribution is 2.33. The number of carbonyl (C=O) groups excluding carboxylic acids is 4. The van der Waals surface area contributed by atoms with E-state index in [2.05, 4.69) is 20.8 Å². The molecule has 0 aliphatic rings. The maximum absolute atomic E-state index is 12.4. The highest BCUT2D eigenvalue weighted by Gasteiger charge is 2.26. The summed E-state index contributed by atoms with van der Waals surface area (Å²) in [5.41, 5.74) is 1.19. The van der Waals surface area contributed by atoms with Gasteiger partial charge in [0.2, 0.25) is 0 Å². The Labute approximate surface area is 180 Å². The minimum atomic E-state index is -0.772. The summed E-state index contributed by atoms with van der Waals surface area (Å²) in [6, 6.07) is 7.00. The van der Waals surface area contributed by atoms with Crippen molar-refractivity contribution < 1.29 is 28.7 Å². The van der Waals surface area contributed by atoms with Crippen LogP contribution in [-0.2, 0) is 14.3 Å². The van der Waals surface area contributed by atoms with Gasteiger partial charge >= 0.3 is 11.9 Å². The predicted molar refractivity (Wildman–Crippen MR) is 113 cm³/mol. The fourth-order valence-corrected chi connectivity index (χ4v) is 4.02. The lowest BCUT2D eigenvalue weighted by Crippen LogP contribution is -2.22. The SMILES string of the molecule is CCOC(=O)c1c(NC(=O)COC(=O)c2n[nH]c3ccccc23)sc(C(=O)NC)c1C. The number of hydrogen-bond acceptors (Lipinski definition) is 8. The van der Waals surface area contributed by atoms with E-state index in [1.54, 1.807) is 38.1 Å². The van der Waals surface area contributed by atoms with E-state index in [9.17, 15) is 19.2 Å². The third-order valence-electron chi connectivity index (χ3n) is 4.31. The van der Waals surface area contributed by atoms with Gasteiger partial charge in [-0.3, -0.25) is 14.7 Å². The normalized spacial score (nSPS) is 10.5. The van der Waals surface area contributed by atoms with E-state index < -0.39 is 30.4 Å². The molecule has 11 heteroatoms. The van der Waals surface area contributed by atoms with Crippen LogP contribution in [0.15, 0.2) is 24.3 Å². The van der Waals surface area contributed by atoms with Gasteiger partial charge in [0, 0.05) is 12.4 Å². The molecule has 2 heterocycles. The Kier molecular flexibility index (Phi) is 6.65. The number of nitrogens with one attached hydrogen (secondary N) is 3. The number of rotatable bonds is 7. The van der Waals surface area contributed by atoms with Gasteiger partial charge in [-0.05, 0) is 25.5 Å². The van der Waals surface area contributed by atoms with Crippen LogP contribution in [0.5, 0.6) is 0 Å². The molecule has 3 rings (SSSR count). The summed E-state index contributed by atoms with van der Waals surface area (Å²) in [6.07, 6.45) is 0. The van der Waals surface area contributed by atoms with Crippen LogP contribution in [0.4, 0.5) is 5.00 Å². The molecule has 0 spiro atoms. The van der Waals surface area contributed by atoms with Gasteiger partial charge in [0.1, 0.15) is 5.00 Å². The lowest BCUT2D eigenvalue weighted by molar-refractivity contribution is -0.119. The Hall–Kier alpha value is -3.73. The second-order valence-corrected chi connectivity index (χ2v) is 7.32. The summed E-state index contributed by atoms with van der Waals surface area (Å²) in [7, 11) is 1.46. The molecule has 0 aliphatic carbocycles. The molecule has 0 fully saturated rings. The predicted octanol–water partition coefficient (Wildman–Crippen LogP) is 2.26. The molecule has 0 aliphatic heterocycles. The average molecular weight is 444 g/mol. The first-order valence-corrected chi connectivity index (χ1v) is 10.1. The molecule has 31 heavy (non-hydrogen) atoms. The average Bonchev–Trinajstić information content (AvgIpc) is 3.33. The molecule has 0 unspecified atom stereocenters. The van der Waals surface area contributed by atoms with Gasteiger partial charge < -0.3 is 20.1 Å². The van der Waals surface area contributed by atoms with Gasteiger partial charge in [-0.15, -0.1) is 11.3 Å². The maximum Gasteiger partial charge on any atom is 0.359 e. The van der Waals surface area contributed by atoms with Crippen molar-refractivity contribution >= 4 is 51.0 Å². The molecule has 0 radical (unpaired) electrons. The number of amides is 2. The number of benzene rings is 1. The Balaban J connectivity index is 1.74. The Morgan fingerprint density at radius 1 is 1.13 bits per heavy atom. The molecule has 1 aromatic carbocycles. The number of anilines is 1. The number of thiophene rings is 1. The summed E-state index contributed by atoms with van der Waals surface area (Å²) < 4.78 is 10.1. The number of nitrogens with zero attached hydrogens (tertiary/aromatic N) is 1. The number of hydrogen-bond donors (Lipinski definition) is 3. The monoisotopic (exact) mass is 444 g/mol. The van der Waals surface area contributed by atoms with Crippen molar-refractivity contribution in [3.8, 4) is 0 Å². The number of ether oxygens (including phenoxy) is 2. The van der Waals surface area contributed by atoms with E-state index >= 15 is 0 Å². The van der Waals surface area contributed by atoms with E-state index in [1.807, 2.05) is 0 Å². The van der Waals surface area contributed by atoms with Crippen LogP contribution < -0.4 is 10.6 Å². The van der Waals surface area contributed by atoms with Crippen molar-refractivity contribution in [2.75, 3.05) is 25.6 Å². The number of aromatic amines is 1. The van der Waals surface area contributed by atoms with Crippen LogP contribution in [0.1, 0.15) is 43.0 Å². The quantitative estimate of drug-likeness (QED) is 0.475. The molecule has 0 saturated carbocycles. The topological polar surface area (TPSA) is 139 Å². The van der Waals surface area contributed by atoms with Crippen molar-refractivity contribution in [3.05, 3.63) is 46.0 Å². The third kappa shape index (κ3) is 4.56. The second-order valence-electron chi connectivity index (χ2n) is 6.30. The Morgan fingerprint density at radius 2 is 1.87 bits per heavy atom. The zero-order valence-corrected chi connectivity index (χ0v) is 17.8. The molecule has 0 bridgehead atoms. The molecular formula is C20H20N4O6S. The lowest BCUT2D eigenvalue weighted by atomic mass is 10.1. The van der Waals surface area contributed by atoms with E-state index in [0.29, 0.717) is 16.5 Å². The van der Waals surface area contributed by atoms with Crippen LogP contribution in [-0.4, -0.2) is 54.2 Å². The third-order valence-corrected chi connectivity index (χ3v) is 5.52. The van der Waals surface area contributed by atoms with E-state index in [1.165, 1.54) is 7.05 Å². The summed E-state index contributed by atoms with van der Waals surface area (Å²) in [5.74, 6) is -2.51. The van der Waals surface area contributed by atoms with Crippen molar-refractivity contribution in [2.45, 2.75) is 13.8 Å². The summed E-state index contributed by atoms with van der Waals surface area (Å²) >= 11 is 0.933. The zero-order valence-electron chi connectivity index (χ0n) is 17.0. The zero-order chi connectivity index (χ0) is 22.5. The van der Waals surface area contributed by atoms with Crippen LogP contribution >= 0.6 is 11.3 Å². The van der Waals surface area contributed by atoms with Gasteiger partial charge in [-0.25, -0.2) is 9.59 Å². The standard InChI is InChI=1S/C20H20N4O6S/c1-4-29-19(27)14-10(2)16(17(26)21-3)31-18(14)22-13(25)9-30-20(28)15-11-7-5-6-8-12(11)23-24-15/h5-8H,4,9H2,1-3H3,(H,21,26)(H,22,25)(H,23,24). The van der Waals surface area contributed by atoms with Gasteiger partial charge in [0.05, 0.1) is 22.6 Å². The van der Waals surface area contributed by atoms with Crippen molar-refractivity contribution in [2.24, 2.45) is 0 Å². The van der Waals surface area contributed by atoms with Gasteiger partial charge in [-0.2, -0.15) is 5.10 Å². The molecule has 0 atom stereocenters. The summed E-state index contributed by atoms with van der Waals surface area (Å²) in [6.45, 7) is 2.77. The fraction of sp³-hybridized carbons (Fsp3) is 0.250. The van der Waals surface area contributed by atoms with Crippen LogP contribution in [0.2, 0.25) is 0 Å². The highest BCUT2D eigenvalue weighted by molar-refractivity contribution is 7.18. The smallest absolute Gasteiger partial charge is 0.359 e. The molecule has 0 saturated heterocycles. The van der Waals surface area contributed by atoms with E-state index in [-0.39, 0.29) is 27.7 Å². The van der Waals surface area contributed by atoms with E-state index in [4.69, 9.17) is 9.47 Å². The number of esters is 2. The molecule has 2 aromatic heterocycles. The fourth-order valence-electron chi connectivity index (χ4n) is 2.86. The van der Waals surface area contributed by atoms with E-state index in [0.717, 1.165) is 11.3 Å². The van der Waals surface area contributed by atoms with Gasteiger partial charge in [0.15, 0.2) is 12.3 Å². The largest absolute Gasteiger partial charge is 0.462 e. The van der Waals surface area contributed by atoms with Crippen molar-refractivity contribution in [1.29, 1.82) is 0 Å². The van der Waals surface area contributed by atoms with Crippen molar-refractivity contribution in [1.82, 2.24) is 15.5 Å². The lowest BCUT2D eigenvalue weighted by Gasteiger charge is -2.07. The minimum absolute atomic E-state index is 0.0597. The number of H-pyrrole nitrogens is 1. The van der Waals surface area contributed by atoms with Crippen LogP contribution in [0, 0.1) is 6.92 Å². The number of fused-ring (bicyclic) bond motifs is 1. The molecular weight excluding hydrogens is 424 g/mol. The minimum Gasteiger partial charge on any atom is -0.462 e. The first-order valence-electron chi connectivity index (χ1n) is 9.30. The van der Waals surface area contributed by atoms with Crippen LogP contribution in [0.3, 0.4) is 0 Å². The molecule has 2 amide bonds. The van der Waals surface area contributed by atoms with Crippen molar-refractivity contribution in [3.63, 3.8) is 0 Å².